The third kappa shape index (κ3) is 4.38. The Balaban J connectivity index is 2.12. The van der Waals surface area contributed by atoms with Crippen molar-refractivity contribution in [1.82, 2.24) is 29.4 Å². The Labute approximate surface area is 124 Å². The number of likely N-dealkylation sites (N-methyl/N-ethyl adjacent to an activating group) is 1. The van der Waals surface area contributed by atoms with E-state index < -0.39 is 0 Å². The first kappa shape index (κ1) is 15.2. The largest absolute Gasteiger partial charge is 0.354 e. The third-order valence-corrected chi connectivity index (χ3v) is 3.01. The molecule has 2 rings (SSSR count). The van der Waals surface area contributed by atoms with Gasteiger partial charge in [0.2, 0.25) is 17.8 Å². The maximum Gasteiger partial charge on any atom is 0.241 e. The van der Waals surface area contributed by atoms with Crippen LogP contribution in [0, 0.1) is 0 Å². The molecule has 0 amide bonds. The molecule has 0 unspecified atom stereocenters. The highest BCUT2D eigenvalue weighted by atomic mass is 15.3. The van der Waals surface area contributed by atoms with Crippen LogP contribution in [0.5, 0.6) is 0 Å². The van der Waals surface area contributed by atoms with Crippen LogP contribution in [0.3, 0.4) is 0 Å². The molecule has 0 bridgehead atoms. The van der Waals surface area contributed by atoms with E-state index in [4.69, 9.17) is 0 Å². The average Bonchev–Trinajstić information content (AvgIpc) is 3.01. The van der Waals surface area contributed by atoms with Gasteiger partial charge in [0, 0.05) is 32.0 Å². The zero-order chi connectivity index (χ0) is 15.1. The smallest absolute Gasteiger partial charge is 0.241 e. The lowest BCUT2D eigenvalue weighted by atomic mass is 10.5. The molecule has 8 nitrogen and oxygen atoms in total. The maximum absolute atomic E-state index is 4.41. The van der Waals surface area contributed by atoms with Gasteiger partial charge in [-0.1, -0.05) is 6.92 Å². The van der Waals surface area contributed by atoms with Crippen molar-refractivity contribution < 1.29 is 0 Å². The molecule has 0 aliphatic heterocycles. The van der Waals surface area contributed by atoms with E-state index in [0.29, 0.717) is 17.8 Å². The van der Waals surface area contributed by atoms with Crippen LogP contribution in [-0.2, 0) is 0 Å². The highest BCUT2D eigenvalue weighted by molar-refractivity contribution is 5.37. The second-order valence-electron chi connectivity index (χ2n) is 4.61. The van der Waals surface area contributed by atoms with E-state index >= 15 is 0 Å². The monoisotopic (exact) mass is 290 g/mol. The van der Waals surface area contributed by atoms with Gasteiger partial charge >= 0.3 is 0 Å². The summed E-state index contributed by atoms with van der Waals surface area (Å²) in [6.07, 6.45) is 5.17. The molecule has 0 saturated heterocycles. The molecule has 114 valence electrons. The number of nitrogens with one attached hydrogen (secondary N) is 2. The van der Waals surface area contributed by atoms with Crippen LogP contribution < -0.4 is 10.6 Å². The van der Waals surface area contributed by atoms with E-state index in [1.165, 1.54) is 0 Å². The van der Waals surface area contributed by atoms with Crippen LogP contribution in [-0.4, -0.2) is 62.6 Å². The Hall–Kier alpha value is -2.22. The molecule has 8 heteroatoms. The van der Waals surface area contributed by atoms with Gasteiger partial charge in [-0.15, -0.1) is 0 Å². The normalized spacial score (nSPS) is 10.9. The molecule has 0 saturated carbocycles. The van der Waals surface area contributed by atoms with E-state index in [2.05, 4.69) is 49.4 Å². The molecule has 0 atom stereocenters. The predicted octanol–water partition coefficient (Wildman–Crippen LogP) is 0.853. The van der Waals surface area contributed by atoms with E-state index in [0.717, 1.165) is 26.2 Å². The Morgan fingerprint density at radius 3 is 2.52 bits per heavy atom. The summed E-state index contributed by atoms with van der Waals surface area (Å²) in [6, 6.07) is 0. The molecule has 21 heavy (non-hydrogen) atoms. The second-order valence-corrected chi connectivity index (χ2v) is 4.61. The summed E-state index contributed by atoms with van der Waals surface area (Å²) in [5, 5.41) is 6.35. The minimum Gasteiger partial charge on any atom is -0.354 e. The molecule has 2 aromatic rings. The van der Waals surface area contributed by atoms with Crippen molar-refractivity contribution in [2.75, 3.05) is 43.9 Å². The Bertz CT molecular complexity index is 539. The molecule has 2 aromatic heterocycles. The number of rotatable bonds is 8. The van der Waals surface area contributed by atoms with Crippen LogP contribution in [0.2, 0.25) is 0 Å². The summed E-state index contributed by atoms with van der Waals surface area (Å²) in [5.41, 5.74) is 0. The van der Waals surface area contributed by atoms with Crippen molar-refractivity contribution in [2.45, 2.75) is 13.8 Å². The van der Waals surface area contributed by atoms with Crippen molar-refractivity contribution in [3.63, 3.8) is 0 Å². The number of hydrogen-bond donors (Lipinski definition) is 2. The summed E-state index contributed by atoms with van der Waals surface area (Å²) in [6.45, 7) is 7.61. The zero-order valence-corrected chi connectivity index (χ0v) is 12.7. The van der Waals surface area contributed by atoms with Gasteiger partial charge in [-0.05, 0) is 20.5 Å². The quantitative estimate of drug-likeness (QED) is 0.745. The van der Waals surface area contributed by atoms with Gasteiger partial charge in [-0.2, -0.15) is 15.0 Å². The number of nitrogens with zero attached hydrogens (tertiary/aromatic N) is 6. The van der Waals surface area contributed by atoms with Gasteiger partial charge in [0.15, 0.2) is 0 Å². The van der Waals surface area contributed by atoms with E-state index in [9.17, 15) is 0 Å². The minimum absolute atomic E-state index is 0.546. The topological polar surface area (TPSA) is 83.8 Å². The number of anilines is 2. The minimum atomic E-state index is 0.546. The zero-order valence-electron chi connectivity index (χ0n) is 12.7. The molecular formula is C13H22N8. The first-order chi connectivity index (χ1) is 10.2. The molecule has 0 fully saturated rings. The molecule has 2 N–H and O–H groups in total. The first-order valence-electron chi connectivity index (χ1n) is 7.13. The molecule has 0 aliphatic rings. The van der Waals surface area contributed by atoms with E-state index in [1.54, 1.807) is 23.3 Å². The summed E-state index contributed by atoms with van der Waals surface area (Å²) in [4.78, 5) is 19.4. The maximum atomic E-state index is 4.41. The SMILES string of the molecule is CCNc1nc(NCCN(C)CC)nc(-n2ccnc2)n1. The van der Waals surface area contributed by atoms with Gasteiger partial charge < -0.3 is 15.5 Å². The van der Waals surface area contributed by atoms with Crippen LogP contribution >= 0.6 is 0 Å². The Morgan fingerprint density at radius 2 is 1.90 bits per heavy atom. The Morgan fingerprint density at radius 1 is 1.14 bits per heavy atom. The number of hydrogen-bond acceptors (Lipinski definition) is 7. The summed E-state index contributed by atoms with van der Waals surface area (Å²) >= 11 is 0. The average molecular weight is 290 g/mol. The van der Waals surface area contributed by atoms with Crippen molar-refractivity contribution in [2.24, 2.45) is 0 Å². The van der Waals surface area contributed by atoms with Crippen LogP contribution in [0.25, 0.3) is 5.95 Å². The van der Waals surface area contributed by atoms with Gasteiger partial charge in [0.1, 0.15) is 6.33 Å². The third-order valence-electron chi connectivity index (χ3n) is 3.01. The second kappa shape index (κ2) is 7.53. The van der Waals surface area contributed by atoms with E-state index in [1.807, 2.05) is 6.92 Å². The molecule has 2 heterocycles. The Kier molecular flexibility index (Phi) is 5.44. The van der Waals surface area contributed by atoms with Gasteiger partial charge in [0.25, 0.3) is 0 Å². The fourth-order valence-electron chi connectivity index (χ4n) is 1.69. The molecule has 0 aromatic carbocycles. The van der Waals surface area contributed by atoms with Gasteiger partial charge in [-0.25, -0.2) is 4.98 Å². The fourth-order valence-corrected chi connectivity index (χ4v) is 1.69. The highest BCUT2D eigenvalue weighted by Crippen LogP contribution is 2.08. The van der Waals surface area contributed by atoms with Crippen LogP contribution in [0.1, 0.15) is 13.8 Å². The molecule has 0 aliphatic carbocycles. The van der Waals surface area contributed by atoms with Crippen molar-refractivity contribution >= 4 is 11.9 Å². The summed E-state index contributed by atoms with van der Waals surface area (Å²) in [7, 11) is 2.08. The highest BCUT2D eigenvalue weighted by Gasteiger charge is 2.07. The molecule has 0 radical (unpaired) electrons. The lowest BCUT2D eigenvalue weighted by Crippen LogP contribution is -2.25. The van der Waals surface area contributed by atoms with Crippen molar-refractivity contribution in [3.8, 4) is 5.95 Å². The molecule has 0 spiro atoms. The van der Waals surface area contributed by atoms with Gasteiger partial charge in [-0.3, -0.25) is 4.57 Å². The fraction of sp³-hybridized carbons (Fsp3) is 0.538. The van der Waals surface area contributed by atoms with Crippen LogP contribution in [0.4, 0.5) is 11.9 Å². The van der Waals surface area contributed by atoms with Crippen LogP contribution in [0.15, 0.2) is 18.7 Å². The molecular weight excluding hydrogens is 268 g/mol. The van der Waals surface area contributed by atoms with Crippen molar-refractivity contribution in [1.29, 1.82) is 0 Å². The summed E-state index contributed by atoms with van der Waals surface area (Å²) < 4.78 is 1.76. The number of aromatic nitrogens is 5. The number of imidazole rings is 1. The standard InChI is InChI=1S/C13H22N8/c1-4-15-11-17-12(16-7-8-20(3)5-2)19-13(18-11)21-9-6-14-10-21/h6,9-10H,4-5,7-8H2,1-3H3,(H2,15,16,17,18,19). The lowest BCUT2D eigenvalue weighted by molar-refractivity contribution is 0.367. The first-order valence-corrected chi connectivity index (χ1v) is 7.13. The van der Waals surface area contributed by atoms with Gasteiger partial charge in [0.05, 0.1) is 0 Å². The van der Waals surface area contributed by atoms with Crippen molar-refractivity contribution in [3.05, 3.63) is 18.7 Å². The lowest BCUT2D eigenvalue weighted by Gasteiger charge is -2.14. The predicted molar refractivity (Wildman–Crippen MR) is 82.8 cm³/mol. The van der Waals surface area contributed by atoms with E-state index in [-0.39, 0.29) is 0 Å². The summed E-state index contributed by atoms with van der Waals surface area (Å²) in [5.74, 6) is 1.67.